The molecule has 2 aromatic heterocycles. The zero-order valence-electron chi connectivity index (χ0n) is 13.5. The standard InChI is InChI=1S/C17H23N5/c1-4-6-11-7-8-12-13(9-11)19-17(18)16-15(12)20-14(21-16)10-22(3)5-2/h7-9H,4-6,10H2,1-3H3,(H2,18,19)(H,20,21). The van der Waals surface area contributed by atoms with E-state index in [0.29, 0.717) is 5.82 Å². The second-order valence-electron chi connectivity index (χ2n) is 5.84. The van der Waals surface area contributed by atoms with Gasteiger partial charge >= 0.3 is 0 Å². The minimum atomic E-state index is 0.498. The number of aromatic amines is 1. The van der Waals surface area contributed by atoms with Gasteiger partial charge < -0.3 is 10.7 Å². The van der Waals surface area contributed by atoms with E-state index in [1.165, 1.54) is 5.56 Å². The minimum Gasteiger partial charge on any atom is -0.382 e. The number of H-pyrrole nitrogens is 1. The molecular weight excluding hydrogens is 274 g/mol. The molecule has 1 aromatic carbocycles. The van der Waals surface area contributed by atoms with E-state index in [9.17, 15) is 0 Å². The van der Waals surface area contributed by atoms with Gasteiger partial charge in [-0.3, -0.25) is 4.90 Å². The first kappa shape index (κ1) is 14.8. The summed E-state index contributed by atoms with van der Waals surface area (Å²) in [5, 5.41) is 1.09. The number of nitrogens with one attached hydrogen (secondary N) is 1. The number of pyridine rings is 1. The highest BCUT2D eigenvalue weighted by Crippen LogP contribution is 2.27. The highest BCUT2D eigenvalue weighted by molar-refractivity contribution is 6.06. The quantitative estimate of drug-likeness (QED) is 0.759. The van der Waals surface area contributed by atoms with Gasteiger partial charge in [-0.25, -0.2) is 9.97 Å². The number of nitrogens with zero attached hydrogens (tertiary/aromatic N) is 3. The number of hydrogen-bond acceptors (Lipinski definition) is 4. The minimum absolute atomic E-state index is 0.498. The van der Waals surface area contributed by atoms with Crippen LogP contribution in [0.4, 0.5) is 5.82 Å². The third-order valence-electron chi connectivity index (χ3n) is 4.07. The summed E-state index contributed by atoms with van der Waals surface area (Å²) in [6, 6.07) is 6.43. The van der Waals surface area contributed by atoms with E-state index >= 15 is 0 Å². The summed E-state index contributed by atoms with van der Waals surface area (Å²) >= 11 is 0. The van der Waals surface area contributed by atoms with Crippen molar-refractivity contribution in [3.63, 3.8) is 0 Å². The number of hydrogen-bond donors (Lipinski definition) is 2. The van der Waals surface area contributed by atoms with Crippen LogP contribution in [0.2, 0.25) is 0 Å². The summed E-state index contributed by atoms with van der Waals surface area (Å²) in [6.07, 6.45) is 2.19. The van der Waals surface area contributed by atoms with Crippen molar-refractivity contribution in [2.24, 2.45) is 0 Å². The Labute approximate surface area is 130 Å². The number of aryl methyl sites for hydroxylation is 1. The predicted octanol–water partition coefficient (Wildman–Crippen LogP) is 3.10. The molecular formula is C17H23N5. The molecule has 0 saturated carbocycles. The molecule has 0 amide bonds. The largest absolute Gasteiger partial charge is 0.382 e. The number of nitrogens with two attached hydrogens (primary N) is 1. The third-order valence-corrected chi connectivity index (χ3v) is 4.07. The van der Waals surface area contributed by atoms with Crippen LogP contribution < -0.4 is 5.73 Å². The molecule has 116 valence electrons. The molecule has 0 aliphatic heterocycles. The fourth-order valence-electron chi connectivity index (χ4n) is 2.75. The van der Waals surface area contributed by atoms with Crippen molar-refractivity contribution in [2.75, 3.05) is 19.3 Å². The van der Waals surface area contributed by atoms with Crippen molar-refractivity contribution in [2.45, 2.75) is 33.2 Å². The average Bonchev–Trinajstić information content (AvgIpc) is 2.92. The SMILES string of the molecule is CCCc1ccc2c(c1)nc(N)c1nc(CN(C)CC)[nH]c12. The van der Waals surface area contributed by atoms with Gasteiger partial charge in [0.05, 0.1) is 17.6 Å². The Kier molecular flexibility index (Phi) is 3.98. The molecule has 5 heteroatoms. The van der Waals surface area contributed by atoms with Crippen LogP contribution in [0.25, 0.3) is 21.9 Å². The summed E-state index contributed by atoms with van der Waals surface area (Å²) in [4.78, 5) is 14.8. The van der Waals surface area contributed by atoms with Crippen LogP contribution in [-0.2, 0) is 13.0 Å². The van der Waals surface area contributed by atoms with Gasteiger partial charge in [-0.05, 0) is 31.6 Å². The maximum Gasteiger partial charge on any atom is 0.152 e. The van der Waals surface area contributed by atoms with Crippen LogP contribution >= 0.6 is 0 Å². The maximum atomic E-state index is 6.12. The lowest BCUT2D eigenvalue weighted by Gasteiger charge is -2.10. The van der Waals surface area contributed by atoms with Crippen molar-refractivity contribution in [3.05, 3.63) is 29.6 Å². The van der Waals surface area contributed by atoms with Crippen LogP contribution in [0.5, 0.6) is 0 Å². The Morgan fingerprint density at radius 2 is 2.05 bits per heavy atom. The van der Waals surface area contributed by atoms with Crippen LogP contribution in [0, 0.1) is 0 Å². The Morgan fingerprint density at radius 3 is 2.77 bits per heavy atom. The number of rotatable bonds is 5. The maximum absolute atomic E-state index is 6.12. The van der Waals surface area contributed by atoms with Gasteiger partial charge in [0.25, 0.3) is 0 Å². The van der Waals surface area contributed by atoms with E-state index in [1.807, 2.05) is 0 Å². The van der Waals surface area contributed by atoms with Crippen LogP contribution in [0.3, 0.4) is 0 Å². The Bertz CT molecular complexity index is 806. The van der Waals surface area contributed by atoms with Gasteiger partial charge in [0, 0.05) is 5.39 Å². The summed E-state index contributed by atoms with van der Waals surface area (Å²) in [7, 11) is 2.07. The molecule has 0 bridgehead atoms. The van der Waals surface area contributed by atoms with E-state index in [-0.39, 0.29) is 0 Å². The van der Waals surface area contributed by atoms with Gasteiger partial charge in [0.15, 0.2) is 5.82 Å². The lowest BCUT2D eigenvalue weighted by atomic mass is 10.1. The molecule has 3 rings (SSSR count). The predicted molar refractivity (Wildman–Crippen MR) is 91.8 cm³/mol. The van der Waals surface area contributed by atoms with Gasteiger partial charge in [0.1, 0.15) is 11.3 Å². The molecule has 0 unspecified atom stereocenters. The molecule has 0 saturated heterocycles. The van der Waals surface area contributed by atoms with Gasteiger partial charge in [-0.1, -0.05) is 32.4 Å². The lowest BCUT2D eigenvalue weighted by molar-refractivity contribution is 0.338. The highest BCUT2D eigenvalue weighted by atomic mass is 15.1. The molecule has 0 fully saturated rings. The first-order chi connectivity index (χ1) is 10.6. The third kappa shape index (κ3) is 2.64. The molecule has 5 nitrogen and oxygen atoms in total. The van der Waals surface area contributed by atoms with Gasteiger partial charge in [-0.2, -0.15) is 0 Å². The molecule has 2 heterocycles. The summed E-state index contributed by atoms with van der Waals surface area (Å²) < 4.78 is 0. The summed E-state index contributed by atoms with van der Waals surface area (Å²) in [5.41, 5.74) is 10.1. The van der Waals surface area contributed by atoms with Crippen LogP contribution in [0.15, 0.2) is 18.2 Å². The van der Waals surface area contributed by atoms with Crippen molar-refractivity contribution in [1.82, 2.24) is 19.9 Å². The number of anilines is 1. The number of nitrogen functional groups attached to an aromatic ring is 1. The molecule has 0 atom stereocenters. The molecule has 3 aromatic rings. The average molecular weight is 297 g/mol. The topological polar surface area (TPSA) is 70.8 Å². The number of aromatic nitrogens is 3. The first-order valence-corrected chi connectivity index (χ1v) is 7.87. The van der Waals surface area contributed by atoms with E-state index in [0.717, 1.165) is 53.7 Å². The lowest BCUT2D eigenvalue weighted by Crippen LogP contribution is -2.17. The summed E-state index contributed by atoms with van der Waals surface area (Å²) in [5.74, 6) is 1.43. The normalized spacial score (nSPS) is 11.8. The smallest absolute Gasteiger partial charge is 0.152 e. The molecule has 3 N–H and O–H groups in total. The molecule has 0 aliphatic carbocycles. The first-order valence-electron chi connectivity index (χ1n) is 7.87. The molecule has 22 heavy (non-hydrogen) atoms. The summed E-state index contributed by atoms with van der Waals surface area (Å²) in [6.45, 7) is 6.07. The van der Waals surface area contributed by atoms with E-state index in [2.05, 4.69) is 58.9 Å². The fourth-order valence-corrected chi connectivity index (χ4v) is 2.75. The van der Waals surface area contributed by atoms with Gasteiger partial charge in [-0.15, -0.1) is 0 Å². The molecule has 0 aliphatic rings. The highest BCUT2D eigenvalue weighted by Gasteiger charge is 2.12. The van der Waals surface area contributed by atoms with Gasteiger partial charge in [0.2, 0.25) is 0 Å². The number of imidazole rings is 1. The second kappa shape index (κ2) is 5.93. The van der Waals surface area contributed by atoms with Crippen molar-refractivity contribution < 1.29 is 0 Å². The number of benzene rings is 1. The fraction of sp³-hybridized carbons (Fsp3) is 0.412. The zero-order valence-corrected chi connectivity index (χ0v) is 13.5. The van der Waals surface area contributed by atoms with Crippen molar-refractivity contribution >= 4 is 27.8 Å². The van der Waals surface area contributed by atoms with E-state index in [1.54, 1.807) is 0 Å². The molecule has 0 radical (unpaired) electrons. The van der Waals surface area contributed by atoms with Crippen molar-refractivity contribution in [1.29, 1.82) is 0 Å². The van der Waals surface area contributed by atoms with E-state index in [4.69, 9.17) is 5.73 Å². The van der Waals surface area contributed by atoms with Crippen LogP contribution in [0.1, 0.15) is 31.7 Å². The monoisotopic (exact) mass is 297 g/mol. The Hall–Kier alpha value is -2.14. The Balaban J connectivity index is 2.13. The van der Waals surface area contributed by atoms with E-state index < -0.39 is 0 Å². The Morgan fingerprint density at radius 1 is 1.23 bits per heavy atom. The number of fused-ring (bicyclic) bond motifs is 3. The van der Waals surface area contributed by atoms with Crippen LogP contribution in [-0.4, -0.2) is 33.4 Å². The second-order valence-corrected chi connectivity index (χ2v) is 5.84. The zero-order chi connectivity index (χ0) is 15.7. The molecule has 0 spiro atoms. The van der Waals surface area contributed by atoms with Crippen molar-refractivity contribution in [3.8, 4) is 0 Å².